The van der Waals surface area contributed by atoms with Gasteiger partial charge in [0.1, 0.15) is 11.6 Å². The van der Waals surface area contributed by atoms with Crippen LogP contribution in [0.4, 0.5) is 10.1 Å². The number of piperidine rings is 1. The van der Waals surface area contributed by atoms with Gasteiger partial charge in [-0.2, -0.15) is 0 Å². The summed E-state index contributed by atoms with van der Waals surface area (Å²) >= 11 is 1.74. The molecule has 2 aliphatic heterocycles. The van der Waals surface area contributed by atoms with Crippen LogP contribution in [-0.2, 0) is 17.0 Å². The summed E-state index contributed by atoms with van der Waals surface area (Å²) in [5.74, 6) is 2.36. The molecule has 190 valence electrons. The lowest BCUT2D eigenvalue weighted by Crippen LogP contribution is -2.50. The van der Waals surface area contributed by atoms with E-state index in [4.69, 9.17) is 4.52 Å². The molecule has 36 heavy (non-hydrogen) atoms. The molecule has 2 atom stereocenters. The zero-order valence-electron chi connectivity index (χ0n) is 20.4. The van der Waals surface area contributed by atoms with Crippen LogP contribution in [0.5, 0.6) is 0 Å². The van der Waals surface area contributed by atoms with Crippen molar-refractivity contribution in [1.82, 2.24) is 15.4 Å². The van der Waals surface area contributed by atoms with Crippen LogP contribution >= 0.6 is 11.8 Å². The summed E-state index contributed by atoms with van der Waals surface area (Å²) in [5.41, 5.74) is 1.98. The van der Waals surface area contributed by atoms with E-state index in [9.17, 15) is 9.18 Å². The number of carbonyl (C=O) groups is 1. The highest BCUT2D eigenvalue weighted by Crippen LogP contribution is 2.29. The van der Waals surface area contributed by atoms with Gasteiger partial charge in [-0.1, -0.05) is 23.4 Å². The Labute approximate surface area is 216 Å². The first-order valence-corrected chi connectivity index (χ1v) is 13.7. The first-order chi connectivity index (χ1) is 17.6. The summed E-state index contributed by atoms with van der Waals surface area (Å²) in [4.78, 5) is 18.6. The average Bonchev–Trinajstić information content (AvgIpc) is 3.37. The van der Waals surface area contributed by atoms with E-state index in [1.807, 2.05) is 35.2 Å². The summed E-state index contributed by atoms with van der Waals surface area (Å²) in [5, 5.41) is 7.83. The van der Waals surface area contributed by atoms with Crippen molar-refractivity contribution in [2.75, 3.05) is 44.2 Å². The molecule has 0 unspecified atom stereocenters. The van der Waals surface area contributed by atoms with E-state index in [0.717, 1.165) is 61.9 Å². The summed E-state index contributed by atoms with van der Waals surface area (Å²) < 4.78 is 18.8. The van der Waals surface area contributed by atoms with Crippen molar-refractivity contribution < 1.29 is 13.7 Å². The number of anilines is 1. The van der Waals surface area contributed by atoms with Gasteiger partial charge in [0, 0.05) is 49.2 Å². The molecule has 0 spiro atoms. The maximum atomic E-state index is 13.2. The van der Waals surface area contributed by atoms with E-state index in [0.29, 0.717) is 31.3 Å². The molecular weight excluding hydrogens is 475 g/mol. The Morgan fingerprint density at radius 1 is 1.06 bits per heavy atom. The third kappa shape index (κ3) is 6.48. The quantitative estimate of drug-likeness (QED) is 0.449. The molecule has 2 aromatic carbocycles. The first-order valence-electron chi connectivity index (χ1n) is 12.8. The van der Waals surface area contributed by atoms with Crippen molar-refractivity contribution in [1.29, 1.82) is 0 Å². The number of aromatic nitrogens is 1. The highest BCUT2D eigenvalue weighted by Gasteiger charge is 2.30. The third-order valence-corrected chi connectivity index (χ3v) is 8.26. The van der Waals surface area contributed by atoms with Crippen LogP contribution in [0.25, 0.3) is 0 Å². The minimum atomic E-state index is -0.225. The molecule has 8 heteroatoms. The van der Waals surface area contributed by atoms with Crippen LogP contribution in [0.3, 0.4) is 0 Å². The molecule has 5 rings (SSSR count). The molecule has 3 heterocycles. The number of nitrogens with one attached hydrogen (secondary N) is 1. The molecule has 3 aromatic rings. The summed E-state index contributed by atoms with van der Waals surface area (Å²) in [7, 11) is 0. The van der Waals surface area contributed by atoms with Crippen LogP contribution in [0.2, 0.25) is 0 Å². The Kier molecular flexibility index (Phi) is 8.23. The second kappa shape index (κ2) is 11.9. The molecule has 1 aromatic heterocycles. The average molecular weight is 509 g/mol. The van der Waals surface area contributed by atoms with Gasteiger partial charge in [-0.3, -0.25) is 4.79 Å². The largest absolute Gasteiger partial charge is 0.368 e. The second-order valence-corrected chi connectivity index (χ2v) is 10.7. The number of amides is 1. The number of rotatable bonds is 8. The fourth-order valence-electron chi connectivity index (χ4n) is 5.16. The van der Waals surface area contributed by atoms with Crippen molar-refractivity contribution in [2.24, 2.45) is 11.8 Å². The molecule has 2 saturated heterocycles. The standard InChI is InChI=1S/C28H33FN4O2S/c29-23-6-8-25(9-7-23)32-12-14-33(15-13-32)28(34)17-21-10-11-30-19-22(21)16-24-18-26(35-31-24)20-36-27-4-2-1-3-5-27/h1-9,18,21-22,30H,10-17,19-20H2/t21-,22+/m0/s1. The number of carbonyl (C=O) groups excluding carboxylic acids is 1. The van der Waals surface area contributed by atoms with Gasteiger partial charge in [0.2, 0.25) is 5.91 Å². The Morgan fingerprint density at radius 3 is 2.61 bits per heavy atom. The highest BCUT2D eigenvalue weighted by atomic mass is 32.2. The number of nitrogens with zero attached hydrogens (tertiary/aromatic N) is 3. The maximum absolute atomic E-state index is 13.2. The van der Waals surface area contributed by atoms with E-state index >= 15 is 0 Å². The predicted octanol–water partition coefficient (Wildman–Crippen LogP) is 4.61. The Hall–Kier alpha value is -2.84. The lowest BCUT2D eigenvalue weighted by molar-refractivity contribution is -0.133. The molecule has 0 bridgehead atoms. The van der Waals surface area contributed by atoms with Gasteiger partial charge in [0.25, 0.3) is 0 Å². The van der Waals surface area contributed by atoms with Gasteiger partial charge in [0.05, 0.1) is 11.4 Å². The number of benzene rings is 2. The lowest BCUT2D eigenvalue weighted by Gasteiger charge is -2.38. The van der Waals surface area contributed by atoms with Crippen LogP contribution in [0.1, 0.15) is 24.3 Å². The normalized spacial score (nSPS) is 20.5. The summed E-state index contributed by atoms with van der Waals surface area (Å²) in [6.07, 6.45) is 2.40. The minimum absolute atomic E-state index is 0.225. The van der Waals surface area contributed by atoms with Gasteiger partial charge < -0.3 is 19.6 Å². The van der Waals surface area contributed by atoms with Crippen molar-refractivity contribution in [3.63, 3.8) is 0 Å². The maximum Gasteiger partial charge on any atom is 0.222 e. The Morgan fingerprint density at radius 2 is 1.83 bits per heavy atom. The molecule has 1 amide bonds. The molecule has 0 aliphatic carbocycles. The zero-order valence-corrected chi connectivity index (χ0v) is 21.3. The van der Waals surface area contributed by atoms with E-state index in [1.54, 1.807) is 11.8 Å². The number of hydrogen-bond acceptors (Lipinski definition) is 6. The van der Waals surface area contributed by atoms with Gasteiger partial charge in [0.15, 0.2) is 0 Å². The predicted molar refractivity (Wildman–Crippen MR) is 140 cm³/mol. The minimum Gasteiger partial charge on any atom is -0.368 e. The zero-order chi connectivity index (χ0) is 24.7. The Balaban J connectivity index is 1.11. The van der Waals surface area contributed by atoms with Crippen LogP contribution < -0.4 is 10.2 Å². The smallest absolute Gasteiger partial charge is 0.222 e. The van der Waals surface area contributed by atoms with Crippen molar-refractivity contribution in [2.45, 2.75) is 29.9 Å². The topological polar surface area (TPSA) is 61.6 Å². The number of piperazine rings is 1. The first kappa shape index (κ1) is 24.8. The molecule has 1 N–H and O–H groups in total. The molecule has 2 fully saturated rings. The van der Waals surface area contributed by atoms with Crippen molar-refractivity contribution in [3.05, 3.63) is 77.9 Å². The SMILES string of the molecule is O=C(C[C@@H]1CCNC[C@H]1Cc1cc(CSc2ccccc2)on1)N1CCN(c2ccc(F)cc2)CC1. The monoisotopic (exact) mass is 508 g/mol. The molecule has 6 nitrogen and oxygen atoms in total. The molecule has 2 aliphatic rings. The van der Waals surface area contributed by atoms with Crippen LogP contribution in [0.15, 0.2) is 70.1 Å². The van der Waals surface area contributed by atoms with Crippen molar-refractivity contribution in [3.8, 4) is 0 Å². The van der Waals surface area contributed by atoms with Crippen LogP contribution in [-0.4, -0.2) is 55.2 Å². The van der Waals surface area contributed by atoms with Gasteiger partial charge >= 0.3 is 0 Å². The molecule has 0 saturated carbocycles. The third-order valence-electron chi connectivity index (χ3n) is 7.23. The fourth-order valence-corrected chi connectivity index (χ4v) is 5.96. The van der Waals surface area contributed by atoms with Gasteiger partial charge in [-0.05, 0) is 74.2 Å². The Bertz CT molecular complexity index is 1120. The highest BCUT2D eigenvalue weighted by molar-refractivity contribution is 7.98. The summed E-state index contributed by atoms with van der Waals surface area (Å²) in [6, 6.07) is 19.0. The van der Waals surface area contributed by atoms with E-state index in [1.165, 1.54) is 17.0 Å². The van der Waals surface area contributed by atoms with Gasteiger partial charge in [-0.15, -0.1) is 11.8 Å². The van der Waals surface area contributed by atoms with E-state index in [2.05, 4.69) is 33.6 Å². The molecule has 0 radical (unpaired) electrons. The lowest BCUT2D eigenvalue weighted by atomic mass is 9.81. The fraction of sp³-hybridized carbons (Fsp3) is 0.429. The number of hydrogen-bond donors (Lipinski definition) is 1. The second-order valence-electron chi connectivity index (χ2n) is 9.65. The van der Waals surface area contributed by atoms with E-state index in [-0.39, 0.29) is 11.7 Å². The molecular formula is C28H33FN4O2S. The number of thioether (sulfide) groups is 1. The van der Waals surface area contributed by atoms with Crippen LogP contribution in [0, 0.1) is 17.7 Å². The van der Waals surface area contributed by atoms with Crippen molar-refractivity contribution >= 4 is 23.4 Å². The van der Waals surface area contributed by atoms with E-state index < -0.39 is 0 Å². The summed E-state index contributed by atoms with van der Waals surface area (Å²) in [6.45, 7) is 4.81. The number of halogens is 1. The van der Waals surface area contributed by atoms with Gasteiger partial charge in [-0.25, -0.2) is 4.39 Å².